The van der Waals surface area contributed by atoms with E-state index >= 15 is 0 Å². The molecule has 0 saturated carbocycles. The van der Waals surface area contributed by atoms with Crippen molar-refractivity contribution in [3.05, 3.63) is 24.0 Å². The summed E-state index contributed by atoms with van der Waals surface area (Å²) in [6, 6.07) is 3.26. The van der Waals surface area contributed by atoms with Crippen LogP contribution in [0, 0.1) is 0 Å². The molecule has 0 unspecified atom stereocenters. The Morgan fingerprint density at radius 3 is 2.84 bits per heavy atom. The maximum atomic E-state index is 11.9. The molecule has 0 aliphatic rings. The number of alkyl halides is 3. The second-order valence-electron chi connectivity index (χ2n) is 3.51. The summed E-state index contributed by atoms with van der Waals surface area (Å²) in [5, 5.41) is 5.41. The minimum absolute atomic E-state index is 0.0594. The van der Waals surface area contributed by atoms with Crippen LogP contribution >= 0.6 is 11.8 Å². The lowest BCUT2D eigenvalue weighted by Gasteiger charge is -2.08. The third kappa shape index (κ3) is 6.32. The average molecular weight is 293 g/mol. The number of hydrogen-bond donors (Lipinski definition) is 2. The van der Waals surface area contributed by atoms with Crippen molar-refractivity contribution < 1.29 is 18.0 Å². The largest absolute Gasteiger partial charge is 0.441 e. The molecule has 0 aliphatic carbocycles. The highest BCUT2D eigenvalue weighted by molar-refractivity contribution is 8.00. The van der Waals surface area contributed by atoms with Gasteiger partial charge in [0.15, 0.2) is 0 Å². The summed E-state index contributed by atoms with van der Waals surface area (Å²) in [5.41, 5.74) is -3.35. The minimum Gasteiger partial charge on any atom is -0.385 e. The van der Waals surface area contributed by atoms with Gasteiger partial charge in [-0.25, -0.2) is 0 Å². The van der Waals surface area contributed by atoms with Gasteiger partial charge in [0, 0.05) is 30.7 Å². The maximum Gasteiger partial charge on any atom is 0.441 e. The van der Waals surface area contributed by atoms with Crippen LogP contribution in [0.15, 0.2) is 18.3 Å². The van der Waals surface area contributed by atoms with Crippen LogP contribution in [0.4, 0.5) is 18.9 Å². The van der Waals surface area contributed by atoms with Crippen LogP contribution in [0.1, 0.15) is 17.4 Å². The SMILES string of the molecule is CCNc1ccnc(C(=O)NCCSC(F)(F)F)c1. The van der Waals surface area contributed by atoms with Crippen molar-refractivity contribution in [2.75, 3.05) is 24.2 Å². The zero-order valence-corrected chi connectivity index (χ0v) is 11.1. The first-order valence-electron chi connectivity index (χ1n) is 5.61. The molecule has 0 atom stereocenters. The molecule has 1 aromatic rings. The summed E-state index contributed by atoms with van der Waals surface area (Å²) in [5.74, 6) is -0.704. The van der Waals surface area contributed by atoms with Gasteiger partial charge in [-0.1, -0.05) is 0 Å². The Morgan fingerprint density at radius 1 is 1.47 bits per heavy atom. The standard InChI is InChI=1S/C11H14F3N3OS/c1-2-15-8-3-4-16-9(7-8)10(18)17-5-6-19-11(12,13)14/h3-4,7H,2,5-6H2,1H3,(H,15,16)(H,17,18). The number of nitrogens with one attached hydrogen (secondary N) is 2. The Morgan fingerprint density at radius 2 is 2.21 bits per heavy atom. The highest BCUT2D eigenvalue weighted by atomic mass is 32.2. The van der Waals surface area contributed by atoms with Crippen molar-refractivity contribution in [2.24, 2.45) is 0 Å². The Balaban J connectivity index is 2.43. The molecule has 0 saturated heterocycles. The zero-order valence-electron chi connectivity index (χ0n) is 10.3. The van der Waals surface area contributed by atoms with E-state index in [1.807, 2.05) is 6.92 Å². The Kier molecular flexibility index (Phi) is 5.94. The summed E-state index contributed by atoms with van der Waals surface area (Å²) >= 11 is -0.165. The number of carbonyl (C=O) groups excluding carboxylic acids is 1. The normalized spacial score (nSPS) is 11.2. The second-order valence-corrected chi connectivity index (χ2v) is 4.67. The van der Waals surface area contributed by atoms with E-state index in [4.69, 9.17) is 0 Å². The molecule has 0 radical (unpaired) electrons. The van der Waals surface area contributed by atoms with Crippen LogP contribution in [0.5, 0.6) is 0 Å². The molecular formula is C11H14F3N3OS. The monoisotopic (exact) mass is 293 g/mol. The van der Waals surface area contributed by atoms with Crippen LogP contribution in [0.25, 0.3) is 0 Å². The first-order valence-corrected chi connectivity index (χ1v) is 6.59. The number of hydrogen-bond acceptors (Lipinski definition) is 4. The van der Waals surface area contributed by atoms with Gasteiger partial charge >= 0.3 is 5.51 Å². The number of anilines is 1. The van der Waals surface area contributed by atoms with Crippen molar-refractivity contribution in [3.8, 4) is 0 Å². The molecule has 0 bridgehead atoms. The Bertz CT molecular complexity index is 426. The topological polar surface area (TPSA) is 54.0 Å². The smallest absolute Gasteiger partial charge is 0.385 e. The lowest BCUT2D eigenvalue weighted by atomic mass is 10.3. The minimum atomic E-state index is -4.27. The van der Waals surface area contributed by atoms with E-state index in [0.29, 0.717) is 6.54 Å². The molecule has 1 heterocycles. The van der Waals surface area contributed by atoms with Gasteiger partial charge in [-0.05, 0) is 30.8 Å². The lowest BCUT2D eigenvalue weighted by molar-refractivity contribution is -0.0327. The number of pyridine rings is 1. The van der Waals surface area contributed by atoms with Gasteiger partial charge in [0.2, 0.25) is 0 Å². The summed E-state index contributed by atoms with van der Waals surface area (Å²) in [6.45, 7) is 2.55. The summed E-state index contributed by atoms with van der Waals surface area (Å²) < 4.78 is 35.6. The predicted molar refractivity (Wildman–Crippen MR) is 69.2 cm³/mol. The number of halogens is 3. The predicted octanol–water partition coefficient (Wildman–Crippen LogP) is 2.50. The molecule has 0 fully saturated rings. The van der Waals surface area contributed by atoms with Gasteiger partial charge in [-0.2, -0.15) is 13.2 Å². The lowest BCUT2D eigenvalue weighted by Crippen LogP contribution is -2.27. The molecule has 2 N–H and O–H groups in total. The van der Waals surface area contributed by atoms with E-state index in [1.54, 1.807) is 12.1 Å². The fourth-order valence-corrected chi connectivity index (χ4v) is 1.73. The van der Waals surface area contributed by atoms with Crippen LogP contribution in [0.2, 0.25) is 0 Å². The van der Waals surface area contributed by atoms with E-state index in [-0.39, 0.29) is 29.8 Å². The van der Waals surface area contributed by atoms with Crippen molar-refractivity contribution in [3.63, 3.8) is 0 Å². The fourth-order valence-electron chi connectivity index (χ4n) is 1.29. The molecule has 1 aromatic heterocycles. The van der Waals surface area contributed by atoms with E-state index < -0.39 is 11.4 Å². The number of carbonyl (C=O) groups is 1. The second kappa shape index (κ2) is 7.22. The van der Waals surface area contributed by atoms with Crippen LogP contribution in [-0.2, 0) is 0 Å². The van der Waals surface area contributed by atoms with Crippen LogP contribution in [0.3, 0.4) is 0 Å². The molecule has 0 spiro atoms. The van der Waals surface area contributed by atoms with Gasteiger partial charge in [0.25, 0.3) is 5.91 Å². The van der Waals surface area contributed by atoms with E-state index in [0.717, 1.165) is 5.69 Å². The van der Waals surface area contributed by atoms with Crippen molar-refractivity contribution >= 4 is 23.4 Å². The quantitative estimate of drug-likeness (QED) is 0.791. The summed E-state index contributed by atoms with van der Waals surface area (Å²) in [7, 11) is 0. The van der Waals surface area contributed by atoms with Gasteiger partial charge in [0.1, 0.15) is 5.69 Å². The van der Waals surface area contributed by atoms with E-state index in [9.17, 15) is 18.0 Å². The van der Waals surface area contributed by atoms with Gasteiger partial charge < -0.3 is 10.6 Å². The first kappa shape index (κ1) is 15.6. The number of aromatic nitrogens is 1. The molecule has 4 nitrogen and oxygen atoms in total. The number of amides is 1. The molecule has 19 heavy (non-hydrogen) atoms. The van der Waals surface area contributed by atoms with Gasteiger partial charge in [0.05, 0.1) is 0 Å². The third-order valence-electron chi connectivity index (χ3n) is 2.03. The molecular weight excluding hydrogens is 279 g/mol. The van der Waals surface area contributed by atoms with Gasteiger partial charge in [-0.3, -0.25) is 9.78 Å². The Labute approximate surface area is 113 Å². The maximum absolute atomic E-state index is 11.9. The number of rotatable bonds is 6. The highest BCUT2D eigenvalue weighted by Gasteiger charge is 2.27. The molecule has 0 aromatic carbocycles. The molecule has 0 aliphatic heterocycles. The van der Waals surface area contributed by atoms with E-state index in [2.05, 4.69) is 15.6 Å². The molecule has 106 valence electrons. The van der Waals surface area contributed by atoms with Crippen molar-refractivity contribution in [1.29, 1.82) is 0 Å². The van der Waals surface area contributed by atoms with Crippen LogP contribution in [-0.4, -0.2) is 35.2 Å². The van der Waals surface area contributed by atoms with E-state index in [1.165, 1.54) is 6.20 Å². The van der Waals surface area contributed by atoms with Gasteiger partial charge in [-0.15, -0.1) is 0 Å². The van der Waals surface area contributed by atoms with Crippen molar-refractivity contribution in [2.45, 2.75) is 12.4 Å². The van der Waals surface area contributed by atoms with Crippen molar-refractivity contribution in [1.82, 2.24) is 10.3 Å². The molecule has 8 heteroatoms. The summed E-state index contributed by atoms with van der Waals surface area (Å²) in [6.07, 6.45) is 1.47. The van der Waals surface area contributed by atoms with Crippen LogP contribution < -0.4 is 10.6 Å². The average Bonchev–Trinajstić information content (AvgIpc) is 2.34. The summed E-state index contributed by atoms with van der Waals surface area (Å²) in [4.78, 5) is 15.5. The fraction of sp³-hybridized carbons (Fsp3) is 0.455. The number of nitrogens with zero attached hydrogens (tertiary/aromatic N) is 1. The molecule has 1 amide bonds. The zero-order chi connectivity index (χ0) is 14.3. The molecule has 1 rings (SSSR count). The third-order valence-corrected chi connectivity index (χ3v) is 2.76. The Hall–Kier alpha value is -1.44. The first-order chi connectivity index (χ1) is 8.92. The number of thioether (sulfide) groups is 1. The highest BCUT2D eigenvalue weighted by Crippen LogP contribution is 2.29.